The van der Waals surface area contributed by atoms with Crippen molar-refractivity contribution in [2.45, 2.75) is 129 Å². The van der Waals surface area contributed by atoms with Gasteiger partial charge in [0.05, 0.1) is 48.7 Å². The molecule has 1 aliphatic heterocycles. The summed E-state index contributed by atoms with van der Waals surface area (Å²) in [5.41, 5.74) is 8.81. The predicted molar refractivity (Wildman–Crippen MR) is 252 cm³/mol. The van der Waals surface area contributed by atoms with Crippen molar-refractivity contribution in [2.75, 3.05) is 47.1 Å². The lowest BCUT2D eigenvalue weighted by Crippen LogP contribution is -2.60. The topological polar surface area (TPSA) is 159 Å². The van der Waals surface area contributed by atoms with Crippen LogP contribution in [-0.2, 0) is 41.5 Å². The Kier molecular flexibility index (Phi) is 20.0. The molecule has 3 aromatic rings. The van der Waals surface area contributed by atoms with Crippen molar-refractivity contribution in [3.05, 3.63) is 82.3 Å². The zero-order valence-electron chi connectivity index (χ0n) is 39.6. The second-order valence-corrected chi connectivity index (χ2v) is 19.0. The van der Waals surface area contributed by atoms with Gasteiger partial charge in [-0.05, 0) is 73.7 Å². The van der Waals surface area contributed by atoms with Crippen LogP contribution in [0.25, 0.3) is 0 Å². The van der Waals surface area contributed by atoms with Gasteiger partial charge in [0.1, 0.15) is 11.0 Å². The number of carbonyl (C=O) groups is 4. The second kappa shape index (κ2) is 24.6. The van der Waals surface area contributed by atoms with E-state index < -0.39 is 36.3 Å². The van der Waals surface area contributed by atoms with Crippen molar-refractivity contribution in [1.82, 2.24) is 30.3 Å². The molecule has 9 atom stereocenters. The van der Waals surface area contributed by atoms with E-state index in [-0.39, 0.29) is 59.9 Å². The van der Waals surface area contributed by atoms with E-state index in [0.29, 0.717) is 31.6 Å². The van der Waals surface area contributed by atoms with Gasteiger partial charge in [-0.15, -0.1) is 11.3 Å². The number of likely N-dealkylation sites (N-methyl/N-ethyl adjacent to an activating group) is 2. The number of amides is 4. The molecule has 1 fully saturated rings. The predicted octanol–water partition coefficient (Wildman–Crippen LogP) is 6.39. The van der Waals surface area contributed by atoms with Crippen molar-refractivity contribution in [3.8, 4) is 0 Å². The number of benzene rings is 2. The third kappa shape index (κ3) is 13.8. The molecule has 0 radical (unpaired) electrons. The van der Waals surface area contributed by atoms with E-state index in [4.69, 9.17) is 15.2 Å². The SMILES string of the molecule is CCC(C)C(C(CC(=O)N1CCCC1C(OC)C(C)C(=O)NC(Cc1ccccc1)c1nccs1)OC)N(C)C(=O)C(NC(=O)C(C(C)C)N(C)CCc1ccc(N)cc1)C(C)C. The molecule has 1 aliphatic rings. The number of anilines is 1. The molecule has 0 spiro atoms. The van der Waals surface area contributed by atoms with E-state index >= 15 is 0 Å². The first-order valence-electron chi connectivity index (χ1n) is 22.7. The fraction of sp³-hybridized carbons (Fsp3) is 0.612. The number of hydrogen-bond donors (Lipinski definition) is 3. The molecule has 2 aromatic carbocycles. The molecule has 1 aromatic heterocycles. The van der Waals surface area contributed by atoms with Gasteiger partial charge in [-0.3, -0.25) is 24.1 Å². The molecule has 348 valence electrons. The van der Waals surface area contributed by atoms with Gasteiger partial charge in [-0.25, -0.2) is 4.98 Å². The maximum atomic E-state index is 14.6. The molecule has 14 heteroatoms. The smallest absolute Gasteiger partial charge is 0.245 e. The van der Waals surface area contributed by atoms with Crippen molar-refractivity contribution in [3.63, 3.8) is 0 Å². The summed E-state index contributed by atoms with van der Waals surface area (Å²) < 4.78 is 12.2. The van der Waals surface area contributed by atoms with Crippen molar-refractivity contribution < 1.29 is 28.7 Å². The minimum Gasteiger partial charge on any atom is -0.399 e. The summed E-state index contributed by atoms with van der Waals surface area (Å²) in [5.74, 6) is -1.53. The molecule has 4 amide bonds. The van der Waals surface area contributed by atoms with Gasteiger partial charge in [-0.1, -0.05) is 97.4 Å². The normalized spacial score (nSPS) is 18.1. The van der Waals surface area contributed by atoms with Crippen LogP contribution in [0.3, 0.4) is 0 Å². The van der Waals surface area contributed by atoms with Crippen LogP contribution in [0.1, 0.15) is 96.3 Å². The molecule has 13 nitrogen and oxygen atoms in total. The number of nitrogen functional groups attached to an aromatic ring is 1. The highest BCUT2D eigenvalue weighted by Crippen LogP contribution is 2.31. The molecule has 2 heterocycles. The molecule has 9 unspecified atom stereocenters. The lowest BCUT2D eigenvalue weighted by Gasteiger charge is -2.41. The lowest BCUT2D eigenvalue weighted by atomic mass is 9.89. The summed E-state index contributed by atoms with van der Waals surface area (Å²) in [5, 5.41) is 9.12. The summed E-state index contributed by atoms with van der Waals surface area (Å²) in [6, 6.07) is 15.4. The second-order valence-electron chi connectivity index (χ2n) is 18.1. The van der Waals surface area contributed by atoms with Gasteiger partial charge in [-0.2, -0.15) is 0 Å². The minimum atomic E-state index is -0.796. The average molecular weight is 890 g/mol. The third-order valence-electron chi connectivity index (χ3n) is 12.9. The summed E-state index contributed by atoms with van der Waals surface area (Å²) in [7, 11) is 6.89. The van der Waals surface area contributed by atoms with E-state index in [1.807, 2.05) is 107 Å². The molecule has 0 saturated carbocycles. The number of hydrogen-bond acceptors (Lipinski definition) is 10. The van der Waals surface area contributed by atoms with Crippen LogP contribution >= 0.6 is 11.3 Å². The Morgan fingerprint density at radius 1 is 0.905 bits per heavy atom. The summed E-state index contributed by atoms with van der Waals surface area (Å²) in [6.45, 7) is 15.1. The number of ether oxygens (including phenoxy) is 2. The molecule has 0 bridgehead atoms. The zero-order chi connectivity index (χ0) is 46.4. The number of nitrogens with two attached hydrogens (primary N) is 1. The Bertz CT molecular complexity index is 1860. The first-order chi connectivity index (χ1) is 30.0. The van der Waals surface area contributed by atoms with Gasteiger partial charge < -0.3 is 35.6 Å². The van der Waals surface area contributed by atoms with Gasteiger partial charge in [0.15, 0.2) is 0 Å². The van der Waals surface area contributed by atoms with Crippen LogP contribution in [0, 0.1) is 23.7 Å². The number of nitrogens with one attached hydrogen (secondary N) is 2. The van der Waals surface area contributed by atoms with Gasteiger partial charge >= 0.3 is 0 Å². The quantitative estimate of drug-likeness (QED) is 0.0868. The molecular formula is C49H75N7O6S. The number of aromatic nitrogens is 1. The van der Waals surface area contributed by atoms with Gasteiger partial charge in [0, 0.05) is 51.6 Å². The number of nitrogens with zero attached hydrogens (tertiary/aromatic N) is 4. The first kappa shape index (κ1) is 51.3. The van der Waals surface area contributed by atoms with E-state index in [9.17, 15) is 19.2 Å². The average Bonchev–Trinajstić information content (AvgIpc) is 3.99. The number of thiazole rings is 1. The van der Waals surface area contributed by atoms with Crippen molar-refractivity contribution in [1.29, 1.82) is 0 Å². The molecule has 1 saturated heterocycles. The standard InChI is InChI=1S/C49H75N7O6S/c1-12-33(6)44(55(9)49(60)42(31(2)3)53-47(59)43(32(4)5)54(8)27-24-35-20-22-37(50)23-21-35)40(61-10)30-41(57)56-26-16-19-39(56)45(62-11)34(7)46(58)52-38(48-51-25-28-63-48)29-36-17-14-13-15-18-36/h13-15,17-18,20-23,25,28,31-34,38-40,42-45H,12,16,19,24,26-27,29-30,50H2,1-11H3,(H,52,58)(H,53,59). The Morgan fingerprint density at radius 3 is 2.16 bits per heavy atom. The Labute approximate surface area is 380 Å². The fourth-order valence-electron chi connectivity index (χ4n) is 9.18. The minimum absolute atomic E-state index is 0.0108. The number of carbonyl (C=O) groups excluding carboxylic acids is 4. The third-order valence-corrected chi connectivity index (χ3v) is 13.8. The lowest BCUT2D eigenvalue weighted by molar-refractivity contribution is -0.148. The van der Waals surface area contributed by atoms with Gasteiger partial charge in [0.2, 0.25) is 23.6 Å². The van der Waals surface area contributed by atoms with Crippen LogP contribution in [0.4, 0.5) is 5.69 Å². The fourth-order valence-corrected chi connectivity index (χ4v) is 9.87. The summed E-state index contributed by atoms with van der Waals surface area (Å²) in [6.07, 6.45) is 4.14. The van der Waals surface area contributed by atoms with Crippen LogP contribution in [0.15, 0.2) is 66.2 Å². The highest BCUT2D eigenvalue weighted by molar-refractivity contribution is 7.09. The molecule has 0 aliphatic carbocycles. The van der Waals surface area contributed by atoms with E-state index in [0.717, 1.165) is 35.4 Å². The molecule has 4 rings (SSSR count). The highest BCUT2D eigenvalue weighted by Gasteiger charge is 2.43. The highest BCUT2D eigenvalue weighted by atomic mass is 32.1. The van der Waals surface area contributed by atoms with Crippen molar-refractivity contribution in [2.24, 2.45) is 23.7 Å². The van der Waals surface area contributed by atoms with Crippen molar-refractivity contribution >= 4 is 40.7 Å². The maximum Gasteiger partial charge on any atom is 0.245 e. The Balaban J connectivity index is 1.47. The van der Waals surface area contributed by atoms with Gasteiger partial charge in [0.25, 0.3) is 0 Å². The monoisotopic (exact) mass is 890 g/mol. The van der Waals surface area contributed by atoms with Crippen LogP contribution in [0.2, 0.25) is 0 Å². The Hall–Kier alpha value is -4.37. The number of rotatable bonds is 24. The number of likely N-dealkylation sites (tertiary alicyclic amines) is 1. The largest absolute Gasteiger partial charge is 0.399 e. The van der Waals surface area contributed by atoms with E-state index in [1.165, 1.54) is 11.3 Å². The van der Waals surface area contributed by atoms with Crippen LogP contribution < -0.4 is 16.4 Å². The maximum absolute atomic E-state index is 14.6. The van der Waals surface area contributed by atoms with E-state index in [1.54, 1.807) is 32.4 Å². The molecule has 63 heavy (non-hydrogen) atoms. The zero-order valence-corrected chi connectivity index (χ0v) is 40.4. The van der Waals surface area contributed by atoms with Crippen LogP contribution in [0.5, 0.6) is 0 Å². The summed E-state index contributed by atoms with van der Waals surface area (Å²) >= 11 is 1.50. The summed E-state index contributed by atoms with van der Waals surface area (Å²) in [4.78, 5) is 67.2. The van der Waals surface area contributed by atoms with Crippen LogP contribution in [-0.4, -0.2) is 121 Å². The Morgan fingerprint density at radius 2 is 1.59 bits per heavy atom. The van der Waals surface area contributed by atoms with E-state index in [2.05, 4.69) is 34.4 Å². The number of methoxy groups -OCH3 is 2. The molecule has 4 N–H and O–H groups in total. The molecular weight excluding hydrogens is 815 g/mol. The first-order valence-corrected chi connectivity index (χ1v) is 23.6.